The van der Waals surface area contributed by atoms with E-state index in [4.69, 9.17) is 16.3 Å². The van der Waals surface area contributed by atoms with Gasteiger partial charge in [0.15, 0.2) is 0 Å². The van der Waals surface area contributed by atoms with Crippen molar-refractivity contribution in [2.24, 2.45) is 0 Å². The second kappa shape index (κ2) is 7.49. The summed E-state index contributed by atoms with van der Waals surface area (Å²) < 4.78 is 18.9. The van der Waals surface area contributed by atoms with Gasteiger partial charge in [-0.25, -0.2) is 9.18 Å². The van der Waals surface area contributed by atoms with Gasteiger partial charge in [-0.15, -0.1) is 0 Å². The molecule has 3 rings (SSSR count). The molecular formula is C19H17ClFNO2. The first-order valence-electron chi connectivity index (χ1n) is 7.73. The van der Waals surface area contributed by atoms with Gasteiger partial charge in [-0.3, -0.25) is 0 Å². The number of ether oxygens (including phenoxy) is 1. The van der Waals surface area contributed by atoms with E-state index in [0.717, 1.165) is 16.7 Å². The second-order valence-corrected chi connectivity index (χ2v) is 6.00. The van der Waals surface area contributed by atoms with Crippen LogP contribution in [-0.2, 0) is 11.3 Å². The fraction of sp³-hybridized carbons (Fsp3) is 0.211. The molecule has 0 aromatic heterocycles. The van der Waals surface area contributed by atoms with Crippen LogP contribution in [0.1, 0.15) is 17.5 Å². The van der Waals surface area contributed by atoms with Crippen molar-refractivity contribution in [1.29, 1.82) is 0 Å². The van der Waals surface area contributed by atoms with Gasteiger partial charge >= 0.3 is 6.09 Å². The maximum atomic E-state index is 13.6. The molecule has 2 aromatic carbocycles. The van der Waals surface area contributed by atoms with Crippen LogP contribution in [0.15, 0.2) is 54.6 Å². The van der Waals surface area contributed by atoms with Crippen LogP contribution < -0.4 is 0 Å². The minimum absolute atomic E-state index is 0.112. The van der Waals surface area contributed by atoms with E-state index in [1.54, 1.807) is 17.0 Å². The van der Waals surface area contributed by atoms with Crippen LogP contribution in [0, 0.1) is 5.82 Å². The minimum Gasteiger partial charge on any atom is -0.445 e. The molecule has 0 aliphatic carbocycles. The fourth-order valence-electron chi connectivity index (χ4n) is 2.60. The largest absolute Gasteiger partial charge is 0.445 e. The molecule has 0 atom stereocenters. The van der Waals surface area contributed by atoms with Crippen LogP contribution in [-0.4, -0.2) is 24.1 Å². The van der Waals surface area contributed by atoms with Crippen LogP contribution in [0.3, 0.4) is 0 Å². The molecule has 2 aromatic rings. The van der Waals surface area contributed by atoms with E-state index in [2.05, 4.69) is 0 Å². The van der Waals surface area contributed by atoms with Gasteiger partial charge in [0, 0.05) is 13.1 Å². The lowest BCUT2D eigenvalue weighted by Crippen LogP contribution is -2.35. The first kappa shape index (κ1) is 16.5. The molecule has 0 N–H and O–H groups in total. The third kappa shape index (κ3) is 3.95. The van der Waals surface area contributed by atoms with E-state index in [1.165, 1.54) is 6.07 Å². The zero-order valence-corrected chi connectivity index (χ0v) is 13.8. The molecule has 0 spiro atoms. The van der Waals surface area contributed by atoms with Gasteiger partial charge in [-0.1, -0.05) is 54.1 Å². The van der Waals surface area contributed by atoms with Crippen molar-refractivity contribution in [3.05, 3.63) is 76.6 Å². The monoisotopic (exact) mass is 345 g/mol. The first-order chi connectivity index (χ1) is 11.6. The normalized spacial score (nSPS) is 14.2. The highest BCUT2D eigenvalue weighted by atomic mass is 35.5. The van der Waals surface area contributed by atoms with Gasteiger partial charge < -0.3 is 9.64 Å². The number of hydrogen-bond acceptors (Lipinski definition) is 2. The number of rotatable bonds is 3. The summed E-state index contributed by atoms with van der Waals surface area (Å²) in [7, 11) is 0. The smallest absolute Gasteiger partial charge is 0.410 e. The average Bonchev–Trinajstić information content (AvgIpc) is 2.63. The molecule has 124 valence electrons. The second-order valence-electron chi connectivity index (χ2n) is 5.59. The Kier molecular flexibility index (Phi) is 5.16. The lowest BCUT2D eigenvalue weighted by molar-refractivity contribution is 0.0998. The molecule has 0 unspecified atom stereocenters. The lowest BCUT2D eigenvalue weighted by atomic mass is 9.99. The Morgan fingerprint density at radius 3 is 2.67 bits per heavy atom. The molecule has 24 heavy (non-hydrogen) atoms. The van der Waals surface area contributed by atoms with Crippen molar-refractivity contribution in [1.82, 2.24) is 4.90 Å². The van der Waals surface area contributed by atoms with Gasteiger partial charge in [-0.2, -0.15) is 0 Å². The highest BCUT2D eigenvalue weighted by molar-refractivity contribution is 6.30. The van der Waals surface area contributed by atoms with Crippen LogP contribution in [0.5, 0.6) is 0 Å². The standard InChI is InChI=1S/C19H17ClFNO2/c20-17-7-6-16(12-18(17)21)15-8-10-22(11-9-15)19(23)24-13-14-4-2-1-3-5-14/h1-8,12H,9-11,13H2. The van der Waals surface area contributed by atoms with Crippen LogP contribution >= 0.6 is 11.6 Å². The highest BCUT2D eigenvalue weighted by Crippen LogP contribution is 2.26. The fourth-order valence-corrected chi connectivity index (χ4v) is 2.72. The summed E-state index contributed by atoms with van der Waals surface area (Å²) in [5.41, 5.74) is 2.77. The van der Waals surface area contributed by atoms with Crippen molar-refractivity contribution >= 4 is 23.3 Å². The van der Waals surface area contributed by atoms with E-state index < -0.39 is 5.82 Å². The predicted octanol–water partition coefficient (Wildman–Crippen LogP) is 4.91. The Morgan fingerprint density at radius 2 is 2.00 bits per heavy atom. The van der Waals surface area contributed by atoms with Crippen LogP contribution in [0.2, 0.25) is 5.02 Å². The molecule has 0 radical (unpaired) electrons. The summed E-state index contributed by atoms with van der Waals surface area (Å²) in [6.07, 6.45) is 2.24. The average molecular weight is 346 g/mol. The SMILES string of the molecule is O=C(OCc1ccccc1)N1CC=C(c2ccc(Cl)c(F)c2)CC1. The molecule has 3 nitrogen and oxygen atoms in total. The van der Waals surface area contributed by atoms with Gasteiger partial charge in [0.25, 0.3) is 0 Å². The zero-order chi connectivity index (χ0) is 16.9. The van der Waals surface area contributed by atoms with Crippen molar-refractivity contribution in [2.75, 3.05) is 13.1 Å². The van der Waals surface area contributed by atoms with E-state index >= 15 is 0 Å². The summed E-state index contributed by atoms with van der Waals surface area (Å²) in [6, 6.07) is 14.3. The molecular weight excluding hydrogens is 329 g/mol. The highest BCUT2D eigenvalue weighted by Gasteiger charge is 2.19. The van der Waals surface area contributed by atoms with Gasteiger partial charge in [0.05, 0.1) is 5.02 Å². The van der Waals surface area contributed by atoms with Crippen molar-refractivity contribution in [3.8, 4) is 0 Å². The Bertz CT molecular complexity index is 761. The number of carbonyl (C=O) groups excluding carboxylic acids is 1. The predicted molar refractivity (Wildman–Crippen MR) is 92.2 cm³/mol. The summed E-state index contributed by atoms with van der Waals surface area (Å²) in [6.45, 7) is 1.26. The first-order valence-corrected chi connectivity index (χ1v) is 8.11. The molecule has 0 fully saturated rings. The summed E-state index contributed by atoms with van der Waals surface area (Å²) in [4.78, 5) is 13.7. The Balaban J connectivity index is 1.58. The number of hydrogen-bond donors (Lipinski definition) is 0. The van der Waals surface area contributed by atoms with Gasteiger partial charge in [0.1, 0.15) is 12.4 Å². The number of amides is 1. The third-order valence-corrected chi connectivity index (χ3v) is 4.27. The molecule has 1 aliphatic heterocycles. The number of nitrogens with zero attached hydrogens (tertiary/aromatic N) is 1. The van der Waals surface area contributed by atoms with Gasteiger partial charge in [-0.05, 0) is 35.3 Å². The van der Waals surface area contributed by atoms with E-state index in [0.29, 0.717) is 19.5 Å². The quantitative estimate of drug-likeness (QED) is 0.791. The molecule has 1 aliphatic rings. The van der Waals surface area contributed by atoms with Crippen molar-refractivity contribution < 1.29 is 13.9 Å². The van der Waals surface area contributed by atoms with Gasteiger partial charge in [0.2, 0.25) is 0 Å². The third-order valence-electron chi connectivity index (χ3n) is 3.96. The van der Waals surface area contributed by atoms with E-state index in [-0.39, 0.29) is 17.7 Å². The summed E-state index contributed by atoms with van der Waals surface area (Å²) >= 11 is 5.71. The zero-order valence-electron chi connectivity index (χ0n) is 13.0. The summed E-state index contributed by atoms with van der Waals surface area (Å²) in [5.74, 6) is -0.431. The van der Waals surface area contributed by atoms with Crippen LogP contribution in [0.4, 0.5) is 9.18 Å². The molecule has 1 amide bonds. The van der Waals surface area contributed by atoms with E-state index in [1.807, 2.05) is 36.4 Å². The molecule has 0 saturated carbocycles. The van der Waals surface area contributed by atoms with Crippen molar-refractivity contribution in [3.63, 3.8) is 0 Å². The Labute approximate surface area is 145 Å². The molecule has 0 saturated heterocycles. The molecule has 5 heteroatoms. The lowest BCUT2D eigenvalue weighted by Gasteiger charge is -2.26. The number of halogens is 2. The summed E-state index contributed by atoms with van der Waals surface area (Å²) in [5, 5.41) is 0.112. The Hall–Kier alpha value is -2.33. The van der Waals surface area contributed by atoms with Crippen molar-refractivity contribution in [2.45, 2.75) is 13.0 Å². The van der Waals surface area contributed by atoms with E-state index in [9.17, 15) is 9.18 Å². The topological polar surface area (TPSA) is 29.5 Å². The molecule has 1 heterocycles. The number of carbonyl (C=O) groups is 1. The minimum atomic E-state index is -0.431. The maximum absolute atomic E-state index is 13.6. The van der Waals surface area contributed by atoms with Crippen LogP contribution in [0.25, 0.3) is 5.57 Å². The maximum Gasteiger partial charge on any atom is 0.410 e. The number of benzene rings is 2. The Morgan fingerprint density at radius 1 is 1.21 bits per heavy atom. The molecule has 0 bridgehead atoms.